The predicted molar refractivity (Wildman–Crippen MR) is 100 cm³/mol. The van der Waals surface area contributed by atoms with E-state index in [4.69, 9.17) is 4.74 Å². The molecule has 0 unspecified atom stereocenters. The first-order chi connectivity index (χ1) is 13.2. The SMILES string of the molecule is O=C(NCc1cccc(F)c1)NCc1ccnc(OCc2ccccc2)c1. The molecule has 0 spiro atoms. The number of pyridine rings is 1. The Bertz CT molecular complexity index is 887. The van der Waals surface area contributed by atoms with Crippen LogP contribution in [0.15, 0.2) is 72.9 Å². The van der Waals surface area contributed by atoms with Crippen molar-refractivity contribution in [2.24, 2.45) is 0 Å². The Morgan fingerprint density at radius 1 is 0.889 bits per heavy atom. The molecule has 5 nitrogen and oxygen atoms in total. The van der Waals surface area contributed by atoms with E-state index < -0.39 is 0 Å². The summed E-state index contributed by atoms with van der Waals surface area (Å²) in [6.45, 7) is 1.02. The molecular weight excluding hydrogens is 345 g/mol. The minimum Gasteiger partial charge on any atom is -0.473 e. The van der Waals surface area contributed by atoms with Crippen molar-refractivity contribution < 1.29 is 13.9 Å². The fraction of sp³-hybridized carbons (Fsp3) is 0.143. The van der Waals surface area contributed by atoms with Gasteiger partial charge in [-0.1, -0.05) is 42.5 Å². The molecule has 0 saturated heterocycles. The second-order valence-corrected chi connectivity index (χ2v) is 5.94. The third-order valence-corrected chi connectivity index (χ3v) is 3.82. The number of amides is 2. The van der Waals surface area contributed by atoms with E-state index in [1.807, 2.05) is 36.4 Å². The van der Waals surface area contributed by atoms with E-state index in [-0.39, 0.29) is 18.4 Å². The van der Waals surface area contributed by atoms with E-state index in [2.05, 4.69) is 15.6 Å². The first kappa shape index (κ1) is 18.4. The van der Waals surface area contributed by atoms with Crippen LogP contribution in [0.1, 0.15) is 16.7 Å². The lowest BCUT2D eigenvalue weighted by molar-refractivity contribution is 0.240. The standard InChI is InChI=1S/C21H20FN3O2/c22-19-8-4-7-17(11-19)13-24-21(26)25-14-18-9-10-23-20(12-18)27-15-16-5-2-1-3-6-16/h1-12H,13-15H2,(H2,24,25,26). The number of hydrogen-bond donors (Lipinski definition) is 2. The lowest BCUT2D eigenvalue weighted by atomic mass is 10.2. The molecule has 2 N–H and O–H groups in total. The van der Waals surface area contributed by atoms with Crippen molar-refractivity contribution in [3.63, 3.8) is 0 Å². The highest BCUT2D eigenvalue weighted by atomic mass is 19.1. The van der Waals surface area contributed by atoms with Crippen molar-refractivity contribution in [3.05, 3.63) is 95.4 Å². The van der Waals surface area contributed by atoms with Crippen LogP contribution >= 0.6 is 0 Å². The average molecular weight is 365 g/mol. The summed E-state index contributed by atoms with van der Waals surface area (Å²) in [7, 11) is 0. The van der Waals surface area contributed by atoms with Gasteiger partial charge in [0.15, 0.2) is 0 Å². The summed E-state index contributed by atoms with van der Waals surface area (Å²) in [6.07, 6.45) is 1.64. The van der Waals surface area contributed by atoms with E-state index >= 15 is 0 Å². The summed E-state index contributed by atoms with van der Waals surface area (Å²) >= 11 is 0. The number of carbonyl (C=O) groups is 1. The van der Waals surface area contributed by atoms with E-state index in [1.165, 1.54) is 12.1 Å². The van der Waals surface area contributed by atoms with Gasteiger partial charge < -0.3 is 15.4 Å². The molecule has 1 aromatic heterocycles. The maximum Gasteiger partial charge on any atom is 0.315 e. The number of rotatable bonds is 7. The van der Waals surface area contributed by atoms with Crippen LogP contribution < -0.4 is 15.4 Å². The molecule has 0 bridgehead atoms. The highest BCUT2D eigenvalue weighted by Gasteiger charge is 2.04. The molecular formula is C21H20FN3O2. The van der Waals surface area contributed by atoms with Crippen LogP contribution in [0, 0.1) is 5.82 Å². The summed E-state index contributed by atoms with van der Waals surface area (Å²) in [4.78, 5) is 16.1. The van der Waals surface area contributed by atoms with Crippen molar-refractivity contribution in [2.45, 2.75) is 19.7 Å². The Kier molecular flexibility index (Phi) is 6.35. The molecule has 0 radical (unpaired) electrons. The van der Waals surface area contributed by atoms with Crippen molar-refractivity contribution in [1.29, 1.82) is 0 Å². The quantitative estimate of drug-likeness (QED) is 0.669. The van der Waals surface area contributed by atoms with Gasteiger partial charge in [0.05, 0.1) is 0 Å². The molecule has 27 heavy (non-hydrogen) atoms. The van der Waals surface area contributed by atoms with E-state index in [1.54, 1.807) is 24.4 Å². The second kappa shape index (κ2) is 9.33. The molecule has 0 aliphatic heterocycles. The van der Waals surface area contributed by atoms with Gasteiger partial charge in [0.25, 0.3) is 0 Å². The number of urea groups is 1. The minimum absolute atomic E-state index is 0.255. The molecule has 1 heterocycles. The third-order valence-electron chi connectivity index (χ3n) is 3.82. The maximum atomic E-state index is 13.1. The number of nitrogens with one attached hydrogen (secondary N) is 2. The lowest BCUT2D eigenvalue weighted by Crippen LogP contribution is -2.34. The Labute approximate surface area is 157 Å². The molecule has 2 amide bonds. The van der Waals surface area contributed by atoms with Gasteiger partial charge in [0, 0.05) is 25.4 Å². The molecule has 138 valence electrons. The van der Waals surface area contributed by atoms with Gasteiger partial charge in [-0.15, -0.1) is 0 Å². The Hall–Kier alpha value is -3.41. The number of halogens is 1. The van der Waals surface area contributed by atoms with Crippen LogP contribution in [0.2, 0.25) is 0 Å². The summed E-state index contributed by atoms with van der Waals surface area (Å²) in [5, 5.41) is 5.45. The van der Waals surface area contributed by atoms with Gasteiger partial charge in [-0.05, 0) is 34.9 Å². The number of aromatic nitrogens is 1. The van der Waals surface area contributed by atoms with Crippen molar-refractivity contribution >= 4 is 6.03 Å². The number of benzene rings is 2. The van der Waals surface area contributed by atoms with Crippen LogP contribution in [0.3, 0.4) is 0 Å². The molecule has 3 aromatic rings. The Morgan fingerprint density at radius 2 is 1.59 bits per heavy atom. The minimum atomic E-state index is -0.331. The van der Waals surface area contributed by atoms with Gasteiger partial charge in [-0.2, -0.15) is 0 Å². The molecule has 0 saturated carbocycles. The van der Waals surface area contributed by atoms with Crippen LogP contribution in [0.25, 0.3) is 0 Å². The average Bonchev–Trinajstić information content (AvgIpc) is 2.70. The van der Waals surface area contributed by atoms with Gasteiger partial charge in [0.2, 0.25) is 5.88 Å². The summed E-state index contributed by atoms with van der Waals surface area (Å²) in [5.41, 5.74) is 2.62. The van der Waals surface area contributed by atoms with Crippen LogP contribution in [0.4, 0.5) is 9.18 Å². The smallest absolute Gasteiger partial charge is 0.315 e. The summed E-state index contributed by atoms with van der Waals surface area (Å²) in [5.74, 6) is 0.174. The van der Waals surface area contributed by atoms with E-state index in [0.717, 1.165) is 11.1 Å². The predicted octanol–water partition coefficient (Wildman–Crippen LogP) is 3.80. The Morgan fingerprint density at radius 3 is 2.33 bits per heavy atom. The monoisotopic (exact) mass is 365 g/mol. The van der Waals surface area contributed by atoms with Crippen LogP contribution in [-0.4, -0.2) is 11.0 Å². The van der Waals surface area contributed by atoms with Crippen LogP contribution in [-0.2, 0) is 19.7 Å². The van der Waals surface area contributed by atoms with E-state index in [0.29, 0.717) is 24.6 Å². The molecule has 6 heteroatoms. The van der Waals surface area contributed by atoms with Crippen molar-refractivity contribution in [1.82, 2.24) is 15.6 Å². The number of hydrogen-bond acceptors (Lipinski definition) is 3. The third kappa shape index (κ3) is 6.11. The molecule has 2 aromatic carbocycles. The highest BCUT2D eigenvalue weighted by molar-refractivity contribution is 5.73. The Balaban J connectivity index is 1.45. The number of carbonyl (C=O) groups excluding carboxylic acids is 1. The van der Waals surface area contributed by atoms with Gasteiger partial charge in [-0.25, -0.2) is 14.2 Å². The number of ether oxygens (including phenoxy) is 1. The molecule has 0 aliphatic rings. The van der Waals surface area contributed by atoms with Gasteiger partial charge in [-0.3, -0.25) is 0 Å². The zero-order valence-electron chi connectivity index (χ0n) is 14.7. The fourth-order valence-electron chi connectivity index (χ4n) is 2.44. The molecule has 3 rings (SSSR count). The highest BCUT2D eigenvalue weighted by Crippen LogP contribution is 2.11. The number of nitrogens with zero attached hydrogens (tertiary/aromatic N) is 1. The molecule has 0 aliphatic carbocycles. The zero-order valence-corrected chi connectivity index (χ0v) is 14.7. The first-order valence-corrected chi connectivity index (χ1v) is 8.57. The first-order valence-electron chi connectivity index (χ1n) is 8.57. The summed E-state index contributed by atoms with van der Waals surface area (Å²) < 4.78 is 18.8. The topological polar surface area (TPSA) is 63.2 Å². The van der Waals surface area contributed by atoms with Crippen molar-refractivity contribution in [3.8, 4) is 5.88 Å². The molecule has 0 atom stereocenters. The van der Waals surface area contributed by atoms with Crippen molar-refractivity contribution in [2.75, 3.05) is 0 Å². The van der Waals surface area contributed by atoms with E-state index in [9.17, 15) is 9.18 Å². The zero-order chi connectivity index (χ0) is 18.9. The largest absolute Gasteiger partial charge is 0.473 e. The summed E-state index contributed by atoms with van der Waals surface area (Å²) in [6, 6.07) is 19.2. The lowest BCUT2D eigenvalue weighted by Gasteiger charge is -2.09. The second-order valence-electron chi connectivity index (χ2n) is 5.94. The molecule has 0 fully saturated rings. The van der Waals surface area contributed by atoms with Gasteiger partial charge >= 0.3 is 6.03 Å². The fourth-order valence-corrected chi connectivity index (χ4v) is 2.44. The van der Waals surface area contributed by atoms with Crippen LogP contribution in [0.5, 0.6) is 5.88 Å². The maximum absolute atomic E-state index is 13.1. The normalized spacial score (nSPS) is 10.3. The van der Waals surface area contributed by atoms with Gasteiger partial charge in [0.1, 0.15) is 12.4 Å².